The molecule has 7 N–H and O–H groups in total. The minimum atomic E-state index is -1.85. The third-order valence-corrected chi connectivity index (χ3v) is 7.22. The Hall–Kier alpha value is -1.89. The van der Waals surface area contributed by atoms with Crippen molar-refractivity contribution in [3.63, 3.8) is 0 Å². The molecule has 1 aromatic carbocycles. The van der Waals surface area contributed by atoms with Crippen LogP contribution in [0.5, 0.6) is 11.5 Å². The molecule has 0 radical (unpaired) electrons. The van der Waals surface area contributed by atoms with Crippen LogP contribution in [0.25, 0.3) is 6.08 Å². The number of phenols is 2. The van der Waals surface area contributed by atoms with Gasteiger partial charge in [-0.3, -0.25) is 0 Å². The summed E-state index contributed by atoms with van der Waals surface area (Å²) in [5.41, 5.74) is -1.37. The van der Waals surface area contributed by atoms with Crippen LogP contribution in [-0.4, -0.2) is 68.3 Å². The fourth-order valence-corrected chi connectivity index (χ4v) is 4.59. The van der Waals surface area contributed by atoms with E-state index in [-0.39, 0.29) is 30.4 Å². The Morgan fingerprint density at radius 3 is 2.62 bits per heavy atom. The summed E-state index contributed by atoms with van der Waals surface area (Å²) in [6, 6.07) is 4.11. The number of aromatic hydroxyl groups is 2. The van der Waals surface area contributed by atoms with Crippen molar-refractivity contribution in [1.82, 2.24) is 5.32 Å². The molecule has 2 unspecified atom stereocenters. The first-order valence-electron chi connectivity index (χ1n) is 9.13. The van der Waals surface area contributed by atoms with E-state index in [2.05, 4.69) is 5.32 Å². The number of hydrogen-bond donors (Lipinski definition) is 6. The van der Waals surface area contributed by atoms with E-state index in [0.29, 0.717) is 5.56 Å². The Morgan fingerprint density at radius 1 is 1.28 bits per heavy atom. The molecule has 0 spiro atoms. The third kappa shape index (κ3) is 5.38. The number of rotatable bonds is 6. The number of esters is 1. The Balaban J connectivity index is 1.68. The first-order valence-corrected chi connectivity index (χ1v) is 11.3. The number of amides is 1. The van der Waals surface area contributed by atoms with Crippen molar-refractivity contribution in [2.24, 2.45) is 0 Å². The molecule has 9 nitrogen and oxygen atoms in total. The van der Waals surface area contributed by atoms with Gasteiger partial charge in [-0.05, 0) is 0 Å². The molecule has 1 aromatic rings. The summed E-state index contributed by atoms with van der Waals surface area (Å²) in [6.07, 6.45) is 1.83. The number of benzene rings is 1. The van der Waals surface area contributed by atoms with E-state index in [4.69, 9.17) is 4.74 Å². The number of hydrogen-bond acceptors (Lipinski definition) is 7. The van der Waals surface area contributed by atoms with Crippen LogP contribution in [0.15, 0.2) is 24.3 Å². The quantitative estimate of drug-likeness (QED) is 0.0567. The van der Waals surface area contributed by atoms with Crippen LogP contribution in [-0.2, 0) is 9.53 Å². The van der Waals surface area contributed by atoms with Gasteiger partial charge in [0, 0.05) is 0 Å². The number of aliphatic hydroxyl groups excluding tert-OH is 1. The van der Waals surface area contributed by atoms with Gasteiger partial charge in [0.2, 0.25) is 0 Å². The van der Waals surface area contributed by atoms with Crippen molar-refractivity contribution in [2.75, 3.05) is 0 Å². The molecule has 2 saturated carbocycles. The fraction of sp³-hybridized carbons (Fsp3) is 0.474. The third-order valence-electron chi connectivity index (χ3n) is 4.95. The molecule has 3 rings (SSSR count). The molecule has 10 heteroatoms. The van der Waals surface area contributed by atoms with Crippen molar-refractivity contribution in [1.29, 1.82) is 0 Å². The van der Waals surface area contributed by atoms with Gasteiger partial charge >= 0.3 is 178 Å². The summed E-state index contributed by atoms with van der Waals surface area (Å²) in [5, 5.41) is 42.6. The van der Waals surface area contributed by atoms with E-state index in [1.807, 2.05) is 0 Å². The Labute approximate surface area is 177 Å². The van der Waals surface area contributed by atoms with E-state index >= 15 is 0 Å². The summed E-state index contributed by atoms with van der Waals surface area (Å²) in [6.45, 7) is 0. The molecule has 2 aliphatic carbocycles. The van der Waals surface area contributed by atoms with Crippen LogP contribution in [0.2, 0.25) is 0 Å². The Morgan fingerprint density at radius 2 is 2.00 bits per heavy atom. The topological polar surface area (TPSA) is 161 Å². The summed E-state index contributed by atoms with van der Waals surface area (Å²) >= 11 is -1.48. The first kappa shape index (κ1) is 21.8. The maximum absolute atomic E-state index is 12.4. The number of carbonyl (C=O) groups is 1. The van der Waals surface area contributed by atoms with Gasteiger partial charge in [0.1, 0.15) is 0 Å². The van der Waals surface area contributed by atoms with Gasteiger partial charge in [0.15, 0.2) is 0 Å². The summed E-state index contributed by atoms with van der Waals surface area (Å²) in [5.74, 6) is -1.72. The standard InChI is InChI=1S/C19H23INO8/c22-12-5-1-10(7-13(12)23)2-6-16(25)29-15-9-19(27,8-14(24)17(15)20-28)18(26)21-11-3-4-11/h1-2,5-7,11,14-15,17,22-24,27-28H,3-4,8-9H2,(H,21,26)/q-1/p+1/b6-2+/t14-,15?,17?,19-/m1/s1. The normalized spacial score (nSPS) is 29.7. The van der Waals surface area contributed by atoms with Crippen molar-refractivity contribution >= 4 is 18.0 Å². The zero-order valence-corrected chi connectivity index (χ0v) is 17.6. The van der Waals surface area contributed by atoms with Crippen LogP contribution < -0.4 is 26.9 Å². The number of alkyl halides is 1. The second kappa shape index (κ2) is 8.86. The molecule has 0 aromatic heterocycles. The maximum atomic E-state index is 12.4. The van der Waals surface area contributed by atoms with Crippen LogP contribution in [0.4, 0.5) is 0 Å². The number of nitrogens with one attached hydrogen (secondary N) is 1. The first-order chi connectivity index (χ1) is 13.7. The average molecular weight is 521 g/mol. The van der Waals surface area contributed by atoms with E-state index in [1.54, 1.807) is 0 Å². The van der Waals surface area contributed by atoms with Gasteiger partial charge < -0.3 is 0 Å². The average Bonchev–Trinajstić information content (AvgIpc) is 3.46. The van der Waals surface area contributed by atoms with E-state index in [1.165, 1.54) is 30.4 Å². The molecule has 1 amide bonds. The summed E-state index contributed by atoms with van der Waals surface area (Å²) in [7, 11) is 0. The minimum absolute atomic E-state index is 0.0376. The monoisotopic (exact) mass is 521 g/mol. The van der Waals surface area contributed by atoms with Gasteiger partial charge in [-0.2, -0.15) is 0 Å². The van der Waals surface area contributed by atoms with Crippen LogP contribution in [0.1, 0.15) is 31.2 Å². The van der Waals surface area contributed by atoms with E-state index in [0.717, 1.165) is 12.8 Å². The van der Waals surface area contributed by atoms with Gasteiger partial charge in [-0.1, -0.05) is 0 Å². The van der Waals surface area contributed by atoms with Crippen molar-refractivity contribution in [3.8, 4) is 11.5 Å². The predicted octanol–water partition coefficient (Wildman–Crippen LogP) is -3.47. The second-order valence-corrected chi connectivity index (χ2v) is 9.37. The number of carbonyl (C=O) groups excluding carboxylic acids is 2. The van der Waals surface area contributed by atoms with Crippen molar-refractivity contribution in [3.05, 3.63) is 29.8 Å². The second-order valence-electron chi connectivity index (χ2n) is 7.37. The molecule has 2 fully saturated rings. The molecule has 0 bridgehead atoms. The molecule has 29 heavy (non-hydrogen) atoms. The predicted molar refractivity (Wildman–Crippen MR) is 98.0 cm³/mol. The van der Waals surface area contributed by atoms with Crippen LogP contribution in [0, 0.1) is 0 Å². The van der Waals surface area contributed by atoms with Gasteiger partial charge in [-0.25, -0.2) is 0 Å². The molecular weight excluding hydrogens is 497 g/mol. The number of ether oxygens (including phenoxy) is 1. The number of aliphatic hydroxyl groups is 2. The molecule has 2 aliphatic rings. The molecule has 0 aliphatic heterocycles. The van der Waals surface area contributed by atoms with Gasteiger partial charge in [0.25, 0.3) is 0 Å². The van der Waals surface area contributed by atoms with Gasteiger partial charge in [-0.15, -0.1) is 0 Å². The van der Waals surface area contributed by atoms with Crippen molar-refractivity contribution < 1.29 is 59.8 Å². The van der Waals surface area contributed by atoms with Crippen molar-refractivity contribution in [2.45, 2.75) is 53.5 Å². The van der Waals surface area contributed by atoms with E-state index in [9.17, 15) is 33.5 Å². The zero-order valence-electron chi connectivity index (χ0n) is 15.4. The van der Waals surface area contributed by atoms with Crippen LogP contribution >= 0.6 is 0 Å². The van der Waals surface area contributed by atoms with E-state index < -0.39 is 55.2 Å². The molecule has 0 saturated heterocycles. The SMILES string of the molecule is O=C(NC1CC1)[C@]1(O)CC(OC(=[OH+])/C=C/c2ccc(O)c(O)c2)C([I-]O)[C@H](O)C1. The summed E-state index contributed by atoms with van der Waals surface area (Å²) < 4.78 is 14.5. The molecular formula is C19H24INO8. The number of phenolic OH excluding ortho intramolecular Hbond substituents is 2. The summed E-state index contributed by atoms with van der Waals surface area (Å²) in [4.78, 5) is 22.5. The molecule has 4 atom stereocenters. The Kier molecular flexibility index (Phi) is 6.66. The zero-order chi connectivity index (χ0) is 21.2. The Bertz CT molecular complexity index is 811. The fourth-order valence-electron chi connectivity index (χ4n) is 3.21. The molecule has 160 valence electrons. The van der Waals surface area contributed by atoms with Crippen LogP contribution in [0.3, 0.4) is 0 Å². The van der Waals surface area contributed by atoms with Gasteiger partial charge in [0.05, 0.1) is 0 Å². The molecule has 0 heterocycles. The number of halogens is 1.